The maximum Gasteiger partial charge on any atom is 0.242 e. The predicted octanol–water partition coefficient (Wildman–Crippen LogP) is 0.990. The lowest BCUT2D eigenvalue weighted by molar-refractivity contribution is 0.561. The smallest absolute Gasteiger partial charge is 0.242 e. The van der Waals surface area contributed by atoms with Crippen molar-refractivity contribution in [2.75, 3.05) is 7.05 Å². The number of hydrogen-bond donors (Lipinski definition) is 3. The summed E-state index contributed by atoms with van der Waals surface area (Å²) in [4.78, 5) is 7.00. The van der Waals surface area contributed by atoms with Crippen molar-refractivity contribution >= 4 is 10.0 Å². The first-order valence-electron chi connectivity index (χ1n) is 6.76. The first kappa shape index (κ1) is 15.7. The van der Waals surface area contributed by atoms with E-state index in [1.807, 2.05) is 25.5 Å². The van der Waals surface area contributed by atoms with Crippen molar-refractivity contribution < 1.29 is 8.42 Å². The average molecular weight is 311 g/mol. The van der Waals surface area contributed by atoms with E-state index >= 15 is 0 Å². The van der Waals surface area contributed by atoms with Gasteiger partial charge >= 0.3 is 0 Å². The number of imidazole rings is 1. The molecule has 2 rings (SSSR count). The molecule has 0 unspecified atom stereocenters. The zero-order chi connectivity index (χ0) is 15.5. The number of aromatic amines is 1. The van der Waals surface area contributed by atoms with Gasteiger partial charge in [0.2, 0.25) is 10.0 Å². The van der Waals surface area contributed by atoms with Crippen molar-refractivity contribution in [2.24, 2.45) is 0 Å². The molecule has 0 radical (unpaired) electrons. The molecule has 0 saturated heterocycles. The molecule has 116 valence electrons. The van der Waals surface area contributed by atoms with Gasteiger partial charge in [0.05, 0.1) is 17.8 Å². The number of rotatable bonds is 7. The van der Waals surface area contributed by atoms with Gasteiger partial charge in [-0.05, 0) is 27.0 Å². The van der Waals surface area contributed by atoms with Gasteiger partial charge in [0.15, 0.2) is 0 Å². The van der Waals surface area contributed by atoms with Crippen molar-refractivity contribution in [3.05, 3.63) is 36.2 Å². The molecule has 0 amide bonds. The van der Waals surface area contributed by atoms with Gasteiger partial charge in [0, 0.05) is 36.4 Å². The van der Waals surface area contributed by atoms with Gasteiger partial charge in [0.25, 0.3) is 0 Å². The second kappa shape index (κ2) is 6.42. The molecule has 3 N–H and O–H groups in total. The highest BCUT2D eigenvalue weighted by Gasteiger charge is 2.19. The van der Waals surface area contributed by atoms with Crippen LogP contribution in [-0.2, 0) is 23.1 Å². The second-order valence-corrected chi connectivity index (χ2v) is 6.87. The Hall–Kier alpha value is -1.64. The van der Waals surface area contributed by atoms with E-state index in [4.69, 9.17) is 0 Å². The molecular formula is C13H21N5O2S. The summed E-state index contributed by atoms with van der Waals surface area (Å²) in [6, 6.07) is 1.90. The van der Waals surface area contributed by atoms with Crippen molar-refractivity contribution in [2.45, 2.75) is 37.9 Å². The summed E-state index contributed by atoms with van der Waals surface area (Å²) in [5.74, 6) is 0. The Kier molecular flexibility index (Phi) is 4.81. The first-order valence-corrected chi connectivity index (χ1v) is 8.24. The van der Waals surface area contributed by atoms with Crippen LogP contribution in [-0.4, -0.2) is 30.0 Å². The minimum absolute atomic E-state index is 0.191. The summed E-state index contributed by atoms with van der Waals surface area (Å²) in [5, 5.41) is 3.05. The van der Waals surface area contributed by atoms with Gasteiger partial charge in [0.1, 0.15) is 0 Å². The lowest BCUT2D eigenvalue weighted by atomic mass is 10.3. The van der Waals surface area contributed by atoms with Crippen molar-refractivity contribution in [3.8, 4) is 0 Å². The van der Waals surface area contributed by atoms with Gasteiger partial charge in [-0.15, -0.1) is 0 Å². The Morgan fingerprint density at radius 2 is 2.14 bits per heavy atom. The third-order valence-electron chi connectivity index (χ3n) is 3.14. The van der Waals surface area contributed by atoms with E-state index in [1.165, 1.54) is 6.33 Å². The third kappa shape index (κ3) is 3.72. The van der Waals surface area contributed by atoms with E-state index in [-0.39, 0.29) is 17.5 Å². The van der Waals surface area contributed by atoms with E-state index in [2.05, 4.69) is 20.0 Å². The highest BCUT2D eigenvalue weighted by molar-refractivity contribution is 7.89. The molecule has 0 atom stereocenters. The van der Waals surface area contributed by atoms with E-state index in [9.17, 15) is 8.42 Å². The minimum atomic E-state index is -3.54. The van der Waals surface area contributed by atoms with Gasteiger partial charge in [-0.3, -0.25) is 0 Å². The maximum absolute atomic E-state index is 12.3. The molecule has 0 bridgehead atoms. The quantitative estimate of drug-likeness (QED) is 0.711. The molecule has 2 aromatic rings. The van der Waals surface area contributed by atoms with E-state index in [1.54, 1.807) is 18.5 Å². The molecule has 0 aliphatic rings. The third-order valence-corrected chi connectivity index (χ3v) is 4.51. The van der Waals surface area contributed by atoms with Crippen LogP contribution in [0.4, 0.5) is 0 Å². The first-order chi connectivity index (χ1) is 9.94. The number of H-pyrrole nitrogens is 1. The van der Waals surface area contributed by atoms with Crippen LogP contribution in [0, 0.1) is 0 Å². The van der Waals surface area contributed by atoms with Crippen LogP contribution in [0.25, 0.3) is 0 Å². The van der Waals surface area contributed by atoms with Gasteiger partial charge in [-0.2, -0.15) is 0 Å². The van der Waals surface area contributed by atoms with Gasteiger partial charge in [-0.25, -0.2) is 18.1 Å². The summed E-state index contributed by atoms with van der Waals surface area (Å²) >= 11 is 0. The van der Waals surface area contributed by atoms with Crippen LogP contribution in [0.2, 0.25) is 0 Å². The Labute approximate surface area is 124 Å². The van der Waals surface area contributed by atoms with Crippen LogP contribution in [0.1, 0.15) is 31.3 Å². The summed E-state index contributed by atoms with van der Waals surface area (Å²) in [7, 11) is -1.70. The number of nitrogens with one attached hydrogen (secondary N) is 3. The average Bonchev–Trinajstić information content (AvgIpc) is 3.06. The fourth-order valence-corrected chi connectivity index (χ4v) is 3.14. The largest absolute Gasteiger partial charge is 0.347 e. The van der Waals surface area contributed by atoms with Crippen LogP contribution < -0.4 is 10.0 Å². The highest BCUT2D eigenvalue weighted by atomic mass is 32.2. The van der Waals surface area contributed by atoms with Crippen molar-refractivity contribution in [1.82, 2.24) is 24.6 Å². The van der Waals surface area contributed by atoms with Gasteiger partial charge < -0.3 is 14.9 Å². The SMILES string of the molecule is CNCc1cc(S(=O)(=O)NCc2cnc[nH]2)cn1C(C)C. The van der Waals surface area contributed by atoms with Crippen LogP contribution in [0.3, 0.4) is 0 Å². The zero-order valence-corrected chi connectivity index (χ0v) is 13.2. The molecule has 7 nitrogen and oxygen atoms in total. The van der Waals surface area contributed by atoms with Crippen molar-refractivity contribution in [1.29, 1.82) is 0 Å². The Balaban J connectivity index is 2.21. The molecule has 2 heterocycles. The number of sulfonamides is 1. The molecule has 0 fully saturated rings. The van der Waals surface area contributed by atoms with E-state index < -0.39 is 10.0 Å². The summed E-state index contributed by atoms with van der Waals surface area (Å²) < 4.78 is 29.2. The van der Waals surface area contributed by atoms with Crippen LogP contribution in [0.15, 0.2) is 29.7 Å². The molecule has 0 spiro atoms. The fraction of sp³-hybridized carbons (Fsp3) is 0.462. The fourth-order valence-electron chi connectivity index (χ4n) is 2.08. The number of aromatic nitrogens is 3. The van der Waals surface area contributed by atoms with Crippen LogP contribution >= 0.6 is 0 Å². The Bertz CT molecular complexity index is 673. The summed E-state index contributed by atoms with van der Waals surface area (Å²) in [6.45, 7) is 4.85. The second-order valence-electron chi connectivity index (χ2n) is 5.10. The van der Waals surface area contributed by atoms with Gasteiger partial charge in [-0.1, -0.05) is 0 Å². The van der Waals surface area contributed by atoms with E-state index in [0.717, 1.165) is 11.4 Å². The molecule has 0 aliphatic carbocycles. The molecule has 8 heteroatoms. The minimum Gasteiger partial charge on any atom is -0.347 e. The topological polar surface area (TPSA) is 91.8 Å². The summed E-state index contributed by atoms with van der Waals surface area (Å²) in [6.07, 6.45) is 4.78. The lowest BCUT2D eigenvalue weighted by Gasteiger charge is -2.11. The molecule has 2 aromatic heterocycles. The standard InChI is InChI=1S/C13H21N5O2S/c1-10(2)18-8-13(4-12(18)7-14-3)21(19,20)17-6-11-5-15-9-16-11/h4-5,8-10,14,17H,6-7H2,1-3H3,(H,15,16). The van der Waals surface area contributed by atoms with Crippen molar-refractivity contribution in [3.63, 3.8) is 0 Å². The predicted molar refractivity (Wildman–Crippen MR) is 80.2 cm³/mol. The summed E-state index contributed by atoms with van der Waals surface area (Å²) in [5.41, 5.74) is 1.66. The van der Waals surface area contributed by atoms with E-state index in [0.29, 0.717) is 6.54 Å². The highest BCUT2D eigenvalue weighted by Crippen LogP contribution is 2.19. The zero-order valence-electron chi connectivity index (χ0n) is 12.4. The Morgan fingerprint density at radius 3 is 2.71 bits per heavy atom. The van der Waals surface area contributed by atoms with Crippen LogP contribution in [0.5, 0.6) is 0 Å². The molecule has 0 aliphatic heterocycles. The Morgan fingerprint density at radius 1 is 1.38 bits per heavy atom. The lowest BCUT2D eigenvalue weighted by Crippen LogP contribution is -2.23. The molecule has 0 aromatic carbocycles. The monoisotopic (exact) mass is 311 g/mol. The molecule has 0 saturated carbocycles. The maximum atomic E-state index is 12.3. The number of hydrogen-bond acceptors (Lipinski definition) is 4. The molecular weight excluding hydrogens is 290 g/mol. The number of nitrogens with zero attached hydrogens (tertiary/aromatic N) is 2. The molecule has 21 heavy (non-hydrogen) atoms. The normalized spacial score (nSPS) is 12.2.